The molecule has 0 bridgehead atoms. The van der Waals surface area contributed by atoms with E-state index in [2.05, 4.69) is 6.58 Å². The van der Waals surface area contributed by atoms with Gasteiger partial charge in [0.2, 0.25) is 0 Å². The maximum Gasteiger partial charge on any atom is 0.170 e. The molecule has 0 aliphatic rings. The van der Waals surface area contributed by atoms with Gasteiger partial charge < -0.3 is 15.2 Å². The van der Waals surface area contributed by atoms with Crippen molar-refractivity contribution in [3.8, 4) is 11.5 Å². The summed E-state index contributed by atoms with van der Waals surface area (Å²) in [7, 11) is 1.35. The highest BCUT2D eigenvalue weighted by atomic mass is 127. The third-order valence-corrected chi connectivity index (χ3v) is 3.96. The van der Waals surface area contributed by atoms with Crippen molar-refractivity contribution in [2.75, 3.05) is 19.5 Å². The minimum Gasteiger partial charge on any atom is -0.494 e. The van der Waals surface area contributed by atoms with Gasteiger partial charge in [0, 0.05) is 21.6 Å². The van der Waals surface area contributed by atoms with E-state index in [0.717, 1.165) is 3.57 Å². The number of rotatable bonds is 6. The van der Waals surface area contributed by atoms with E-state index in [1.165, 1.54) is 19.2 Å². The molecule has 0 saturated heterocycles. The van der Waals surface area contributed by atoms with Crippen LogP contribution >= 0.6 is 22.6 Å². The van der Waals surface area contributed by atoms with Crippen LogP contribution in [0.15, 0.2) is 36.9 Å². The van der Waals surface area contributed by atoms with Gasteiger partial charge in [-0.25, -0.2) is 8.78 Å². The predicted octanol–water partition coefficient (Wildman–Crippen LogP) is 4.32. The first-order chi connectivity index (χ1) is 11.0. The van der Waals surface area contributed by atoms with Crippen LogP contribution < -0.4 is 15.2 Å². The fourth-order valence-electron chi connectivity index (χ4n) is 2.12. The zero-order valence-electron chi connectivity index (χ0n) is 12.5. The minimum absolute atomic E-state index is 0.000757. The van der Waals surface area contributed by atoms with Crippen molar-refractivity contribution in [2.24, 2.45) is 0 Å². The fraction of sp³-hybridized carbons (Fsp3) is 0.176. The SMILES string of the molecule is C=CCOc1cc(OC)c(F)c(Cc2ccc(I)cc2F)c1N. The summed E-state index contributed by atoms with van der Waals surface area (Å²) in [6.45, 7) is 3.77. The summed E-state index contributed by atoms with van der Waals surface area (Å²) < 4.78 is 39.8. The minimum atomic E-state index is -0.617. The number of nitrogen functional groups attached to an aromatic ring is 1. The molecule has 2 aromatic rings. The van der Waals surface area contributed by atoms with E-state index in [1.807, 2.05) is 22.6 Å². The molecule has 0 aliphatic carbocycles. The summed E-state index contributed by atoms with van der Waals surface area (Å²) >= 11 is 2.01. The summed E-state index contributed by atoms with van der Waals surface area (Å²) in [6.07, 6.45) is 1.55. The van der Waals surface area contributed by atoms with Crippen LogP contribution in [0, 0.1) is 15.2 Å². The number of hydrogen-bond donors (Lipinski definition) is 1. The quantitative estimate of drug-likeness (QED) is 0.421. The summed E-state index contributed by atoms with van der Waals surface area (Å²) in [5, 5.41) is 0. The van der Waals surface area contributed by atoms with Gasteiger partial charge in [-0.3, -0.25) is 0 Å². The largest absolute Gasteiger partial charge is 0.494 e. The molecule has 2 aromatic carbocycles. The first kappa shape index (κ1) is 17.5. The van der Waals surface area contributed by atoms with Crippen molar-refractivity contribution in [3.63, 3.8) is 0 Å². The Labute approximate surface area is 147 Å². The number of methoxy groups -OCH3 is 1. The Morgan fingerprint density at radius 2 is 2.00 bits per heavy atom. The molecule has 0 spiro atoms. The average molecular weight is 431 g/mol. The number of anilines is 1. The van der Waals surface area contributed by atoms with Gasteiger partial charge in [-0.2, -0.15) is 0 Å². The van der Waals surface area contributed by atoms with E-state index in [9.17, 15) is 8.78 Å². The Hall–Kier alpha value is -1.83. The first-order valence-electron chi connectivity index (χ1n) is 6.80. The number of hydrogen-bond acceptors (Lipinski definition) is 3. The number of nitrogens with two attached hydrogens (primary N) is 1. The number of benzene rings is 2. The van der Waals surface area contributed by atoms with Crippen LogP contribution in [-0.2, 0) is 6.42 Å². The molecule has 0 aromatic heterocycles. The summed E-state index contributed by atoms with van der Waals surface area (Å²) in [5.41, 5.74) is 6.61. The molecule has 6 heteroatoms. The van der Waals surface area contributed by atoms with Crippen LogP contribution in [0.1, 0.15) is 11.1 Å². The molecule has 0 saturated carbocycles. The van der Waals surface area contributed by atoms with Crippen LogP contribution in [0.2, 0.25) is 0 Å². The summed E-state index contributed by atoms with van der Waals surface area (Å²) in [5.74, 6) is -0.746. The van der Waals surface area contributed by atoms with Crippen molar-refractivity contribution >= 4 is 28.3 Å². The zero-order chi connectivity index (χ0) is 17.0. The molecule has 122 valence electrons. The van der Waals surface area contributed by atoms with Gasteiger partial charge in [-0.05, 0) is 40.3 Å². The molecule has 0 radical (unpaired) electrons. The van der Waals surface area contributed by atoms with Gasteiger partial charge in [-0.15, -0.1) is 0 Å². The second kappa shape index (κ2) is 7.63. The number of ether oxygens (including phenoxy) is 2. The lowest BCUT2D eigenvalue weighted by atomic mass is 10.0. The predicted molar refractivity (Wildman–Crippen MR) is 95.0 cm³/mol. The molecule has 2 N–H and O–H groups in total. The standard InChI is InChI=1S/C17H16F2INO2/c1-3-6-23-15-9-14(22-2)16(19)12(17(15)21)7-10-4-5-11(20)8-13(10)18/h3-5,8-9H,1,6-7,21H2,2H3. The molecule has 0 unspecified atom stereocenters. The third kappa shape index (κ3) is 3.93. The molecule has 23 heavy (non-hydrogen) atoms. The topological polar surface area (TPSA) is 44.5 Å². The molecule has 0 atom stereocenters. The van der Waals surface area contributed by atoms with E-state index in [0.29, 0.717) is 5.56 Å². The highest BCUT2D eigenvalue weighted by molar-refractivity contribution is 14.1. The van der Waals surface area contributed by atoms with Crippen molar-refractivity contribution in [1.29, 1.82) is 0 Å². The van der Waals surface area contributed by atoms with Crippen LogP contribution in [-0.4, -0.2) is 13.7 Å². The molecular formula is C17H16F2INO2. The van der Waals surface area contributed by atoms with Crippen molar-refractivity contribution in [2.45, 2.75) is 6.42 Å². The second-order valence-corrected chi connectivity index (χ2v) is 6.04. The molecule has 0 amide bonds. The summed E-state index contributed by atoms with van der Waals surface area (Å²) in [4.78, 5) is 0. The fourth-order valence-corrected chi connectivity index (χ4v) is 2.57. The lowest BCUT2D eigenvalue weighted by molar-refractivity contribution is 0.351. The van der Waals surface area contributed by atoms with E-state index in [4.69, 9.17) is 15.2 Å². The highest BCUT2D eigenvalue weighted by Gasteiger charge is 2.19. The maximum absolute atomic E-state index is 14.5. The number of halogens is 3. The molecule has 2 rings (SSSR count). The first-order valence-corrected chi connectivity index (χ1v) is 7.88. The van der Waals surface area contributed by atoms with Crippen LogP contribution in [0.4, 0.5) is 14.5 Å². The van der Waals surface area contributed by atoms with Gasteiger partial charge in [-0.1, -0.05) is 18.7 Å². The lowest BCUT2D eigenvalue weighted by Gasteiger charge is -2.16. The van der Waals surface area contributed by atoms with Gasteiger partial charge in [0.05, 0.1) is 12.8 Å². The van der Waals surface area contributed by atoms with Gasteiger partial charge in [0.25, 0.3) is 0 Å². The monoisotopic (exact) mass is 431 g/mol. The highest BCUT2D eigenvalue weighted by Crippen LogP contribution is 2.36. The Balaban J connectivity index is 2.48. The van der Waals surface area contributed by atoms with Crippen LogP contribution in [0.3, 0.4) is 0 Å². The Morgan fingerprint density at radius 3 is 2.61 bits per heavy atom. The van der Waals surface area contributed by atoms with Gasteiger partial charge in [0.15, 0.2) is 11.6 Å². The van der Waals surface area contributed by atoms with E-state index < -0.39 is 11.6 Å². The Morgan fingerprint density at radius 1 is 1.26 bits per heavy atom. The molecular weight excluding hydrogens is 415 g/mol. The smallest absolute Gasteiger partial charge is 0.170 e. The lowest BCUT2D eigenvalue weighted by Crippen LogP contribution is -2.07. The van der Waals surface area contributed by atoms with Crippen molar-refractivity contribution < 1.29 is 18.3 Å². The normalized spacial score (nSPS) is 10.4. The van der Waals surface area contributed by atoms with E-state index in [1.54, 1.807) is 18.2 Å². The van der Waals surface area contributed by atoms with Gasteiger partial charge in [0.1, 0.15) is 18.2 Å². The van der Waals surface area contributed by atoms with Crippen LogP contribution in [0.5, 0.6) is 11.5 Å². The zero-order valence-corrected chi connectivity index (χ0v) is 14.7. The van der Waals surface area contributed by atoms with Crippen LogP contribution in [0.25, 0.3) is 0 Å². The molecule has 3 nitrogen and oxygen atoms in total. The summed E-state index contributed by atoms with van der Waals surface area (Å²) in [6, 6.07) is 6.13. The molecule has 0 heterocycles. The Bertz CT molecular complexity index is 735. The maximum atomic E-state index is 14.5. The molecule has 0 aliphatic heterocycles. The van der Waals surface area contributed by atoms with E-state index >= 15 is 0 Å². The van der Waals surface area contributed by atoms with Crippen molar-refractivity contribution in [3.05, 3.63) is 63.3 Å². The third-order valence-electron chi connectivity index (χ3n) is 3.29. The Kier molecular flexibility index (Phi) is 5.81. The van der Waals surface area contributed by atoms with E-state index in [-0.39, 0.29) is 35.8 Å². The average Bonchev–Trinajstić information content (AvgIpc) is 2.52. The molecule has 0 fully saturated rings. The second-order valence-electron chi connectivity index (χ2n) is 4.80. The van der Waals surface area contributed by atoms with Crippen molar-refractivity contribution in [1.82, 2.24) is 0 Å². The van der Waals surface area contributed by atoms with Gasteiger partial charge >= 0.3 is 0 Å².